The molecular formula is C18H30N2O4. The van der Waals surface area contributed by atoms with Crippen molar-refractivity contribution in [3.63, 3.8) is 0 Å². The number of hydrogen-bond acceptors (Lipinski definition) is 4. The van der Waals surface area contributed by atoms with Crippen LogP contribution in [0.1, 0.15) is 59.8 Å². The second-order valence-electron chi connectivity index (χ2n) is 7.10. The average Bonchev–Trinajstić information content (AvgIpc) is 2.71. The molecule has 1 unspecified atom stereocenters. The minimum atomic E-state index is -0.376. The van der Waals surface area contributed by atoms with E-state index in [0.717, 1.165) is 6.42 Å². The number of Topliss-reactive ketones (excluding diaryl/α,β-unsaturated/α-hetero) is 1. The standard InChI is InChI=1S/C18H30N2O4/c1-12(2)17(14(4)21)19(5)15(22)9-7-6-8-10-20-16(23)11-13(3)18(20)24/h12-13,17H,6-11H2,1-5H3/t13?,17-/m0/s1. The second-order valence-corrected chi connectivity index (χ2v) is 7.10. The van der Waals surface area contributed by atoms with Gasteiger partial charge in [-0.3, -0.25) is 24.1 Å². The molecule has 0 bridgehead atoms. The quantitative estimate of drug-likeness (QED) is 0.476. The number of likely N-dealkylation sites (tertiary alicyclic amines) is 1. The monoisotopic (exact) mass is 338 g/mol. The lowest BCUT2D eigenvalue weighted by atomic mass is 9.99. The van der Waals surface area contributed by atoms with Crippen molar-refractivity contribution in [2.75, 3.05) is 13.6 Å². The molecule has 3 amide bonds. The molecule has 0 radical (unpaired) electrons. The predicted octanol–water partition coefficient (Wildman–Crippen LogP) is 2.01. The molecular weight excluding hydrogens is 308 g/mol. The maximum atomic E-state index is 12.2. The lowest BCUT2D eigenvalue weighted by molar-refractivity contribution is -0.139. The summed E-state index contributed by atoms with van der Waals surface area (Å²) in [5.41, 5.74) is 0. The molecule has 1 heterocycles. The van der Waals surface area contributed by atoms with Crippen molar-refractivity contribution < 1.29 is 19.2 Å². The number of nitrogens with zero attached hydrogens (tertiary/aromatic N) is 2. The van der Waals surface area contributed by atoms with E-state index in [9.17, 15) is 19.2 Å². The van der Waals surface area contributed by atoms with Crippen LogP contribution in [-0.4, -0.2) is 52.9 Å². The fourth-order valence-corrected chi connectivity index (χ4v) is 3.33. The Morgan fingerprint density at radius 1 is 1.21 bits per heavy atom. The Kier molecular flexibility index (Phi) is 7.58. The highest BCUT2D eigenvalue weighted by Gasteiger charge is 2.34. The summed E-state index contributed by atoms with van der Waals surface area (Å²) in [4.78, 5) is 50.2. The summed E-state index contributed by atoms with van der Waals surface area (Å²) in [6, 6.07) is -0.376. The summed E-state index contributed by atoms with van der Waals surface area (Å²) < 4.78 is 0. The van der Waals surface area contributed by atoms with Gasteiger partial charge in [0.15, 0.2) is 5.78 Å². The minimum absolute atomic E-state index is 0.000952. The maximum Gasteiger partial charge on any atom is 0.232 e. The van der Waals surface area contributed by atoms with Gasteiger partial charge in [0.1, 0.15) is 0 Å². The van der Waals surface area contributed by atoms with Crippen molar-refractivity contribution in [2.45, 2.75) is 65.8 Å². The lowest BCUT2D eigenvalue weighted by Crippen LogP contribution is -2.44. The molecule has 0 aromatic heterocycles. The average molecular weight is 338 g/mol. The number of carbonyl (C=O) groups excluding carboxylic acids is 4. The first-order valence-corrected chi connectivity index (χ1v) is 8.77. The van der Waals surface area contributed by atoms with Crippen LogP contribution >= 0.6 is 0 Å². The molecule has 0 aromatic rings. The fourth-order valence-electron chi connectivity index (χ4n) is 3.33. The Labute approximate surface area is 144 Å². The zero-order valence-electron chi connectivity index (χ0n) is 15.5. The number of hydrogen-bond donors (Lipinski definition) is 0. The van der Waals surface area contributed by atoms with E-state index in [1.54, 1.807) is 18.9 Å². The molecule has 1 fully saturated rings. The van der Waals surface area contributed by atoms with Gasteiger partial charge in [-0.15, -0.1) is 0 Å². The molecule has 1 aliphatic rings. The Hall–Kier alpha value is -1.72. The number of carbonyl (C=O) groups is 4. The zero-order chi connectivity index (χ0) is 18.4. The van der Waals surface area contributed by atoms with Crippen molar-refractivity contribution >= 4 is 23.5 Å². The van der Waals surface area contributed by atoms with Gasteiger partial charge in [0, 0.05) is 32.4 Å². The van der Waals surface area contributed by atoms with E-state index in [1.807, 2.05) is 13.8 Å². The maximum absolute atomic E-state index is 12.2. The van der Waals surface area contributed by atoms with Crippen LogP contribution < -0.4 is 0 Å². The molecule has 0 saturated carbocycles. The van der Waals surface area contributed by atoms with Crippen molar-refractivity contribution in [3.8, 4) is 0 Å². The second kappa shape index (κ2) is 8.94. The van der Waals surface area contributed by atoms with Crippen LogP contribution in [0.2, 0.25) is 0 Å². The number of amides is 3. The van der Waals surface area contributed by atoms with Gasteiger partial charge in [0.2, 0.25) is 17.7 Å². The molecule has 1 rings (SSSR count). The summed E-state index contributed by atoms with van der Waals surface area (Å²) in [6.07, 6.45) is 2.87. The van der Waals surface area contributed by atoms with Crippen molar-refractivity contribution in [2.24, 2.45) is 11.8 Å². The predicted molar refractivity (Wildman–Crippen MR) is 91.0 cm³/mol. The zero-order valence-corrected chi connectivity index (χ0v) is 15.5. The normalized spacial score (nSPS) is 19.1. The highest BCUT2D eigenvalue weighted by atomic mass is 16.2. The van der Waals surface area contributed by atoms with Gasteiger partial charge in [-0.25, -0.2) is 0 Å². The van der Waals surface area contributed by atoms with E-state index in [1.165, 1.54) is 11.8 Å². The fraction of sp³-hybridized carbons (Fsp3) is 0.778. The smallest absolute Gasteiger partial charge is 0.232 e. The SMILES string of the molecule is CC(=O)[C@H](C(C)C)N(C)C(=O)CCCCCN1C(=O)CC(C)C1=O. The molecule has 0 aliphatic carbocycles. The van der Waals surface area contributed by atoms with Crippen LogP contribution in [0.5, 0.6) is 0 Å². The Bertz CT molecular complexity index is 501. The molecule has 1 saturated heterocycles. The van der Waals surface area contributed by atoms with E-state index in [-0.39, 0.29) is 41.4 Å². The molecule has 0 aromatic carbocycles. The lowest BCUT2D eigenvalue weighted by Gasteiger charge is -2.29. The van der Waals surface area contributed by atoms with E-state index in [2.05, 4.69) is 0 Å². The third-order valence-corrected chi connectivity index (χ3v) is 4.60. The summed E-state index contributed by atoms with van der Waals surface area (Å²) in [6.45, 7) is 7.59. The van der Waals surface area contributed by atoms with Crippen LogP contribution in [0, 0.1) is 11.8 Å². The van der Waals surface area contributed by atoms with Gasteiger partial charge in [-0.1, -0.05) is 27.2 Å². The molecule has 136 valence electrons. The van der Waals surface area contributed by atoms with E-state index >= 15 is 0 Å². The van der Waals surface area contributed by atoms with Crippen LogP contribution in [0.15, 0.2) is 0 Å². The number of imide groups is 1. The highest BCUT2D eigenvalue weighted by Crippen LogP contribution is 2.19. The van der Waals surface area contributed by atoms with Gasteiger partial charge in [-0.05, 0) is 25.7 Å². The van der Waals surface area contributed by atoms with Crippen molar-refractivity contribution in [1.82, 2.24) is 9.80 Å². The number of likely N-dealkylation sites (N-methyl/N-ethyl adjacent to an activating group) is 1. The first-order chi connectivity index (χ1) is 11.2. The first-order valence-electron chi connectivity index (χ1n) is 8.77. The summed E-state index contributed by atoms with van der Waals surface area (Å²) in [7, 11) is 1.68. The third kappa shape index (κ3) is 5.14. The Morgan fingerprint density at radius 3 is 2.29 bits per heavy atom. The van der Waals surface area contributed by atoms with Crippen LogP contribution in [0.4, 0.5) is 0 Å². The van der Waals surface area contributed by atoms with E-state index in [0.29, 0.717) is 32.2 Å². The van der Waals surface area contributed by atoms with Crippen LogP contribution in [0.25, 0.3) is 0 Å². The number of rotatable bonds is 9. The summed E-state index contributed by atoms with van der Waals surface area (Å²) in [5.74, 6) is -0.327. The summed E-state index contributed by atoms with van der Waals surface area (Å²) >= 11 is 0. The van der Waals surface area contributed by atoms with Crippen molar-refractivity contribution in [3.05, 3.63) is 0 Å². The molecule has 0 spiro atoms. The number of unbranched alkanes of at least 4 members (excludes halogenated alkanes) is 2. The molecule has 6 heteroatoms. The van der Waals surface area contributed by atoms with Gasteiger partial charge in [0.05, 0.1) is 6.04 Å². The van der Waals surface area contributed by atoms with Crippen LogP contribution in [0.3, 0.4) is 0 Å². The first kappa shape index (κ1) is 20.3. The van der Waals surface area contributed by atoms with Gasteiger partial charge < -0.3 is 4.90 Å². The molecule has 6 nitrogen and oxygen atoms in total. The van der Waals surface area contributed by atoms with E-state index in [4.69, 9.17) is 0 Å². The van der Waals surface area contributed by atoms with Crippen molar-refractivity contribution in [1.29, 1.82) is 0 Å². The molecule has 1 aliphatic heterocycles. The largest absolute Gasteiger partial charge is 0.335 e. The van der Waals surface area contributed by atoms with E-state index < -0.39 is 0 Å². The van der Waals surface area contributed by atoms with Gasteiger partial charge in [0.25, 0.3) is 0 Å². The van der Waals surface area contributed by atoms with Gasteiger partial charge in [-0.2, -0.15) is 0 Å². The topological polar surface area (TPSA) is 74.8 Å². The molecule has 24 heavy (non-hydrogen) atoms. The van der Waals surface area contributed by atoms with Crippen LogP contribution in [-0.2, 0) is 19.2 Å². The highest BCUT2D eigenvalue weighted by molar-refractivity contribution is 6.03. The summed E-state index contributed by atoms with van der Waals surface area (Å²) in [5, 5.41) is 0. The number of ketones is 1. The Balaban J connectivity index is 2.32. The third-order valence-electron chi connectivity index (χ3n) is 4.60. The Morgan fingerprint density at radius 2 is 1.83 bits per heavy atom. The molecule has 2 atom stereocenters. The van der Waals surface area contributed by atoms with Gasteiger partial charge >= 0.3 is 0 Å². The minimum Gasteiger partial charge on any atom is -0.335 e. The molecule has 0 N–H and O–H groups in total.